The number of aromatic nitrogens is 2. The third-order valence-electron chi connectivity index (χ3n) is 3.00. The van der Waals surface area contributed by atoms with Crippen LogP contribution >= 0.6 is 11.5 Å². The van der Waals surface area contributed by atoms with Crippen molar-refractivity contribution in [3.8, 4) is 0 Å². The quantitative estimate of drug-likeness (QED) is 0.818. The fourth-order valence-corrected chi connectivity index (χ4v) is 2.57. The molecule has 6 heteroatoms. The standard InChI is InChI=1S/C10H15N3O2S/c1-6-9(16-13-12-6)10(15)11-5-7-3-2-4-8(7)14/h7-8,14H,2-5H2,1H3,(H,11,15). The zero-order valence-electron chi connectivity index (χ0n) is 9.14. The Hall–Kier alpha value is -1.01. The minimum Gasteiger partial charge on any atom is -0.393 e. The summed E-state index contributed by atoms with van der Waals surface area (Å²) in [6.45, 7) is 2.31. The van der Waals surface area contributed by atoms with Crippen LogP contribution in [0.5, 0.6) is 0 Å². The van der Waals surface area contributed by atoms with Crippen molar-refractivity contribution >= 4 is 17.4 Å². The van der Waals surface area contributed by atoms with Crippen LogP contribution in [0.15, 0.2) is 0 Å². The van der Waals surface area contributed by atoms with Gasteiger partial charge in [0.05, 0.1) is 11.8 Å². The van der Waals surface area contributed by atoms with E-state index in [1.165, 1.54) is 0 Å². The molecule has 1 aliphatic carbocycles. The van der Waals surface area contributed by atoms with Crippen molar-refractivity contribution in [3.05, 3.63) is 10.6 Å². The minimum atomic E-state index is -0.263. The lowest BCUT2D eigenvalue weighted by Gasteiger charge is -2.14. The molecule has 0 bridgehead atoms. The van der Waals surface area contributed by atoms with E-state index >= 15 is 0 Å². The lowest BCUT2D eigenvalue weighted by Crippen LogP contribution is -2.32. The maximum atomic E-state index is 11.7. The number of amides is 1. The van der Waals surface area contributed by atoms with Crippen LogP contribution in [0.4, 0.5) is 0 Å². The molecule has 2 rings (SSSR count). The second-order valence-electron chi connectivity index (χ2n) is 4.16. The van der Waals surface area contributed by atoms with Gasteiger partial charge in [-0.3, -0.25) is 4.79 Å². The van der Waals surface area contributed by atoms with E-state index in [2.05, 4.69) is 14.9 Å². The summed E-state index contributed by atoms with van der Waals surface area (Å²) in [5.74, 6) is 0.0664. The lowest BCUT2D eigenvalue weighted by molar-refractivity contribution is 0.0920. The molecule has 2 N–H and O–H groups in total. The van der Waals surface area contributed by atoms with Gasteiger partial charge in [0.2, 0.25) is 0 Å². The number of aliphatic hydroxyl groups excluding tert-OH is 1. The predicted molar refractivity (Wildman–Crippen MR) is 60.3 cm³/mol. The second-order valence-corrected chi connectivity index (χ2v) is 4.91. The molecule has 1 aromatic heterocycles. The third kappa shape index (κ3) is 2.38. The molecule has 16 heavy (non-hydrogen) atoms. The van der Waals surface area contributed by atoms with Gasteiger partial charge in [0.25, 0.3) is 5.91 Å². The van der Waals surface area contributed by atoms with E-state index in [-0.39, 0.29) is 17.9 Å². The Morgan fingerprint density at radius 3 is 3.00 bits per heavy atom. The van der Waals surface area contributed by atoms with Gasteiger partial charge in [0, 0.05) is 12.5 Å². The molecule has 2 unspecified atom stereocenters. The van der Waals surface area contributed by atoms with Gasteiger partial charge in [-0.05, 0) is 31.3 Å². The van der Waals surface area contributed by atoms with Crippen molar-refractivity contribution in [2.45, 2.75) is 32.3 Å². The van der Waals surface area contributed by atoms with E-state index in [1.54, 1.807) is 6.92 Å². The molecule has 0 aromatic carbocycles. The van der Waals surface area contributed by atoms with Gasteiger partial charge in [-0.15, -0.1) is 5.10 Å². The molecular formula is C10H15N3O2S. The zero-order chi connectivity index (χ0) is 11.5. The van der Waals surface area contributed by atoms with E-state index in [4.69, 9.17) is 0 Å². The van der Waals surface area contributed by atoms with E-state index in [0.29, 0.717) is 17.1 Å². The minimum absolute atomic E-state index is 0.133. The molecule has 0 aliphatic heterocycles. The average molecular weight is 241 g/mol. The van der Waals surface area contributed by atoms with Gasteiger partial charge in [-0.1, -0.05) is 10.9 Å². The Kier molecular flexibility index (Phi) is 3.50. The van der Waals surface area contributed by atoms with Gasteiger partial charge in [0.15, 0.2) is 0 Å². The lowest BCUT2D eigenvalue weighted by atomic mass is 10.1. The number of nitrogens with one attached hydrogen (secondary N) is 1. The van der Waals surface area contributed by atoms with Crippen LogP contribution in [-0.2, 0) is 0 Å². The van der Waals surface area contributed by atoms with Gasteiger partial charge in [0.1, 0.15) is 4.88 Å². The highest BCUT2D eigenvalue weighted by Gasteiger charge is 2.25. The molecule has 1 amide bonds. The largest absolute Gasteiger partial charge is 0.393 e. The summed E-state index contributed by atoms with van der Waals surface area (Å²) in [4.78, 5) is 12.3. The monoisotopic (exact) mass is 241 g/mol. The van der Waals surface area contributed by atoms with Crippen molar-refractivity contribution in [1.82, 2.24) is 14.9 Å². The Morgan fingerprint density at radius 1 is 1.62 bits per heavy atom. The van der Waals surface area contributed by atoms with Crippen molar-refractivity contribution in [1.29, 1.82) is 0 Å². The highest BCUT2D eigenvalue weighted by molar-refractivity contribution is 7.07. The number of hydrogen-bond acceptors (Lipinski definition) is 5. The highest BCUT2D eigenvalue weighted by atomic mass is 32.1. The molecule has 88 valence electrons. The SMILES string of the molecule is Cc1nnsc1C(=O)NCC1CCCC1O. The van der Waals surface area contributed by atoms with Crippen molar-refractivity contribution in [2.24, 2.45) is 5.92 Å². The normalized spacial score (nSPS) is 24.6. The molecule has 0 spiro atoms. The summed E-state index contributed by atoms with van der Waals surface area (Å²) >= 11 is 1.11. The number of carbonyl (C=O) groups is 1. The first-order valence-corrected chi connectivity index (χ1v) is 6.21. The molecule has 1 aromatic rings. The van der Waals surface area contributed by atoms with Crippen LogP contribution in [0.2, 0.25) is 0 Å². The number of aryl methyl sites for hydroxylation is 1. The first-order valence-electron chi connectivity index (χ1n) is 5.43. The van der Waals surface area contributed by atoms with Crippen LogP contribution in [0.25, 0.3) is 0 Å². The molecule has 1 aliphatic rings. The molecule has 1 heterocycles. The Morgan fingerprint density at radius 2 is 2.44 bits per heavy atom. The molecular weight excluding hydrogens is 226 g/mol. The van der Waals surface area contributed by atoms with Gasteiger partial charge in [-0.2, -0.15) is 0 Å². The summed E-state index contributed by atoms with van der Waals surface area (Å²) < 4.78 is 3.72. The maximum absolute atomic E-state index is 11.7. The molecule has 0 radical (unpaired) electrons. The summed E-state index contributed by atoms with van der Waals surface area (Å²) in [5, 5.41) is 16.2. The van der Waals surface area contributed by atoms with Gasteiger partial charge < -0.3 is 10.4 Å². The molecule has 0 saturated heterocycles. The maximum Gasteiger partial charge on any atom is 0.264 e. The Labute approximate surface area is 98.0 Å². The third-order valence-corrected chi connectivity index (χ3v) is 3.83. The zero-order valence-corrected chi connectivity index (χ0v) is 9.96. The van der Waals surface area contributed by atoms with Crippen LogP contribution in [0.1, 0.15) is 34.6 Å². The number of nitrogens with zero attached hydrogens (tertiary/aromatic N) is 2. The van der Waals surface area contributed by atoms with E-state index < -0.39 is 0 Å². The predicted octanol–water partition coefficient (Wildman–Crippen LogP) is 0.737. The molecule has 2 atom stereocenters. The van der Waals surface area contributed by atoms with Crippen molar-refractivity contribution in [3.63, 3.8) is 0 Å². The fraction of sp³-hybridized carbons (Fsp3) is 0.700. The topological polar surface area (TPSA) is 75.1 Å². The fourth-order valence-electron chi connectivity index (χ4n) is 2.00. The average Bonchev–Trinajstić information content (AvgIpc) is 2.84. The van der Waals surface area contributed by atoms with Crippen LogP contribution in [-0.4, -0.2) is 33.2 Å². The van der Waals surface area contributed by atoms with Gasteiger partial charge in [-0.25, -0.2) is 0 Å². The van der Waals surface area contributed by atoms with Crippen LogP contribution < -0.4 is 5.32 Å². The number of carbonyl (C=O) groups excluding carboxylic acids is 1. The van der Waals surface area contributed by atoms with Crippen LogP contribution in [0.3, 0.4) is 0 Å². The summed E-state index contributed by atoms with van der Waals surface area (Å²) in [6, 6.07) is 0. The number of rotatable bonds is 3. The smallest absolute Gasteiger partial charge is 0.264 e. The highest BCUT2D eigenvalue weighted by Crippen LogP contribution is 2.24. The van der Waals surface area contributed by atoms with Gasteiger partial charge >= 0.3 is 0 Å². The molecule has 1 fully saturated rings. The van der Waals surface area contributed by atoms with Crippen molar-refractivity contribution < 1.29 is 9.90 Å². The summed E-state index contributed by atoms with van der Waals surface area (Å²) in [7, 11) is 0. The molecule has 5 nitrogen and oxygen atoms in total. The number of hydrogen-bond donors (Lipinski definition) is 2. The van der Waals surface area contributed by atoms with Crippen LogP contribution in [0, 0.1) is 12.8 Å². The first-order chi connectivity index (χ1) is 7.68. The summed E-state index contributed by atoms with van der Waals surface area (Å²) in [6.07, 6.45) is 2.62. The Balaban J connectivity index is 1.86. The van der Waals surface area contributed by atoms with Crippen molar-refractivity contribution in [2.75, 3.05) is 6.54 Å². The van der Waals surface area contributed by atoms with E-state index in [9.17, 15) is 9.90 Å². The summed E-state index contributed by atoms with van der Waals surface area (Å²) in [5.41, 5.74) is 0.662. The first kappa shape index (κ1) is 11.5. The molecule has 1 saturated carbocycles. The number of aliphatic hydroxyl groups is 1. The second kappa shape index (κ2) is 4.88. The van der Waals surface area contributed by atoms with E-state index in [0.717, 1.165) is 30.8 Å². The van der Waals surface area contributed by atoms with E-state index in [1.807, 2.05) is 0 Å². The Bertz CT molecular complexity index is 380.